The highest BCUT2D eigenvalue weighted by Crippen LogP contribution is 2.32. The van der Waals surface area contributed by atoms with Crippen molar-refractivity contribution in [3.63, 3.8) is 0 Å². The first kappa shape index (κ1) is 17.7. The molecular formula is C19H17Cl3N4. The Morgan fingerprint density at radius 2 is 1.81 bits per heavy atom. The van der Waals surface area contributed by atoms with Crippen molar-refractivity contribution in [2.45, 2.75) is 13.0 Å². The highest BCUT2D eigenvalue weighted by atomic mass is 35.5. The lowest BCUT2D eigenvalue weighted by atomic mass is 10.1. The van der Waals surface area contributed by atoms with E-state index in [1.807, 2.05) is 36.5 Å². The van der Waals surface area contributed by atoms with E-state index in [0.29, 0.717) is 15.1 Å². The van der Waals surface area contributed by atoms with E-state index >= 15 is 0 Å². The molecule has 2 aromatic carbocycles. The summed E-state index contributed by atoms with van der Waals surface area (Å²) in [6, 6.07) is 11.8. The van der Waals surface area contributed by atoms with E-state index in [0.717, 1.165) is 41.9 Å². The van der Waals surface area contributed by atoms with E-state index in [2.05, 4.69) is 26.9 Å². The van der Waals surface area contributed by atoms with Crippen molar-refractivity contribution in [2.24, 2.45) is 0 Å². The predicted molar refractivity (Wildman–Crippen MR) is 110 cm³/mol. The lowest BCUT2D eigenvalue weighted by Gasteiger charge is -2.42. The van der Waals surface area contributed by atoms with Crippen LogP contribution in [0.15, 0.2) is 42.6 Å². The van der Waals surface area contributed by atoms with Gasteiger partial charge in [0.1, 0.15) is 5.52 Å². The molecule has 0 aliphatic carbocycles. The van der Waals surface area contributed by atoms with Crippen LogP contribution in [0.1, 0.15) is 6.92 Å². The first-order valence-electron chi connectivity index (χ1n) is 8.40. The summed E-state index contributed by atoms with van der Waals surface area (Å²) in [6.45, 7) is 4.79. The van der Waals surface area contributed by atoms with Gasteiger partial charge in [-0.3, -0.25) is 0 Å². The van der Waals surface area contributed by atoms with Crippen LogP contribution >= 0.6 is 34.8 Å². The average Bonchev–Trinajstić information content (AvgIpc) is 2.61. The van der Waals surface area contributed by atoms with Crippen LogP contribution in [-0.2, 0) is 0 Å². The van der Waals surface area contributed by atoms with Gasteiger partial charge >= 0.3 is 0 Å². The molecule has 1 aromatic heterocycles. The van der Waals surface area contributed by atoms with E-state index in [4.69, 9.17) is 34.8 Å². The van der Waals surface area contributed by atoms with Crippen LogP contribution in [0.5, 0.6) is 0 Å². The first-order valence-corrected chi connectivity index (χ1v) is 9.54. The minimum absolute atomic E-state index is 0.285. The topological polar surface area (TPSA) is 32.3 Å². The summed E-state index contributed by atoms with van der Waals surface area (Å²) in [5.41, 5.74) is 2.85. The third-order valence-corrected chi connectivity index (χ3v) is 5.49. The minimum Gasteiger partial charge on any atom is -0.368 e. The summed E-state index contributed by atoms with van der Waals surface area (Å²) in [5.74, 6) is 0. The Bertz CT molecular complexity index is 942. The van der Waals surface area contributed by atoms with Crippen molar-refractivity contribution in [3.05, 3.63) is 57.7 Å². The van der Waals surface area contributed by atoms with E-state index in [1.165, 1.54) is 0 Å². The van der Waals surface area contributed by atoms with Gasteiger partial charge in [-0.1, -0.05) is 46.9 Å². The molecule has 0 bridgehead atoms. The van der Waals surface area contributed by atoms with Gasteiger partial charge in [0.2, 0.25) is 0 Å². The molecule has 0 amide bonds. The van der Waals surface area contributed by atoms with E-state index in [9.17, 15) is 0 Å². The third kappa shape index (κ3) is 3.29. The second-order valence-corrected chi connectivity index (χ2v) is 7.76. The lowest BCUT2D eigenvalue weighted by Crippen LogP contribution is -2.52. The molecule has 0 radical (unpaired) electrons. The fourth-order valence-corrected chi connectivity index (χ4v) is 4.26. The van der Waals surface area contributed by atoms with Gasteiger partial charge in [0.25, 0.3) is 0 Å². The Labute approximate surface area is 167 Å². The summed E-state index contributed by atoms with van der Waals surface area (Å²) < 4.78 is 0. The van der Waals surface area contributed by atoms with Crippen molar-refractivity contribution in [2.75, 3.05) is 29.4 Å². The third-order valence-electron chi connectivity index (χ3n) is 4.75. The number of halogens is 3. The Kier molecular flexibility index (Phi) is 4.82. The standard InChI is InChI=1S/C19H17Cl3N4/c1-12-11-25(15-8-13(20)7-14(21)9-15)5-6-26(12)18-10-23-24-19-16(18)3-2-4-17(19)22/h2-4,7-10,12H,5-6,11H2,1H3. The summed E-state index contributed by atoms with van der Waals surface area (Å²) in [6.07, 6.45) is 1.82. The maximum absolute atomic E-state index is 6.28. The molecule has 0 N–H and O–H groups in total. The van der Waals surface area contributed by atoms with Crippen LogP contribution in [-0.4, -0.2) is 35.9 Å². The zero-order chi connectivity index (χ0) is 18.3. The maximum Gasteiger partial charge on any atom is 0.114 e. The Morgan fingerprint density at radius 3 is 2.54 bits per heavy atom. The smallest absolute Gasteiger partial charge is 0.114 e. The monoisotopic (exact) mass is 406 g/mol. The lowest BCUT2D eigenvalue weighted by molar-refractivity contribution is 0.551. The van der Waals surface area contributed by atoms with Gasteiger partial charge in [-0.15, -0.1) is 5.10 Å². The van der Waals surface area contributed by atoms with Gasteiger partial charge in [-0.2, -0.15) is 5.10 Å². The number of piperazine rings is 1. The highest BCUT2D eigenvalue weighted by molar-refractivity contribution is 6.35. The number of fused-ring (bicyclic) bond motifs is 1. The summed E-state index contributed by atoms with van der Waals surface area (Å²) in [7, 11) is 0. The summed E-state index contributed by atoms with van der Waals surface area (Å²) >= 11 is 18.6. The zero-order valence-electron chi connectivity index (χ0n) is 14.2. The number of hydrogen-bond acceptors (Lipinski definition) is 4. The van der Waals surface area contributed by atoms with Gasteiger partial charge in [-0.05, 0) is 31.2 Å². The zero-order valence-corrected chi connectivity index (χ0v) is 16.4. The molecule has 26 heavy (non-hydrogen) atoms. The molecule has 1 saturated heterocycles. The van der Waals surface area contributed by atoms with Crippen LogP contribution in [0.4, 0.5) is 11.4 Å². The molecule has 1 unspecified atom stereocenters. The molecule has 1 atom stereocenters. The van der Waals surface area contributed by atoms with Crippen LogP contribution in [0.2, 0.25) is 15.1 Å². The first-order chi connectivity index (χ1) is 12.5. The molecular weight excluding hydrogens is 391 g/mol. The summed E-state index contributed by atoms with van der Waals surface area (Å²) in [5, 5.41) is 11.3. The van der Waals surface area contributed by atoms with Gasteiger partial charge < -0.3 is 9.80 Å². The number of rotatable bonds is 2. The largest absolute Gasteiger partial charge is 0.368 e. The fourth-order valence-electron chi connectivity index (χ4n) is 3.54. The van der Waals surface area contributed by atoms with Crippen molar-refractivity contribution in [1.29, 1.82) is 0 Å². The number of hydrogen-bond donors (Lipinski definition) is 0. The normalized spacial score (nSPS) is 17.8. The van der Waals surface area contributed by atoms with Crippen molar-refractivity contribution < 1.29 is 0 Å². The predicted octanol–water partition coefficient (Wildman–Crippen LogP) is 5.31. The van der Waals surface area contributed by atoms with Crippen molar-refractivity contribution >= 4 is 57.1 Å². The molecule has 3 aromatic rings. The van der Waals surface area contributed by atoms with Crippen molar-refractivity contribution in [1.82, 2.24) is 10.2 Å². The van der Waals surface area contributed by atoms with Crippen LogP contribution in [0.25, 0.3) is 10.9 Å². The Balaban J connectivity index is 1.63. The van der Waals surface area contributed by atoms with Gasteiger partial charge in [0.15, 0.2) is 0 Å². The van der Waals surface area contributed by atoms with Gasteiger partial charge in [0.05, 0.1) is 16.9 Å². The molecule has 4 nitrogen and oxygen atoms in total. The SMILES string of the molecule is CC1CN(c2cc(Cl)cc(Cl)c2)CCN1c1cnnc2c(Cl)cccc12. The number of anilines is 2. The molecule has 7 heteroatoms. The van der Waals surface area contributed by atoms with Gasteiger partial charge in [0, 0.05) is 46.8 Å². The van der Waals surface area contributed by atoms with Crippen LogP contribution < -0.4 is 9.80 Å². The average molecular weight is 408 g/mol. The molecule has 2 heterocycles. The van der Waals surface area contributed by atoms with E-state index < -0.39 is 0 Å². The molecule has 4 rings (SSSR count). The number of benzene rings is 2. The maximum atomic E-state index is 6.28. The second kappa shape index (κ2) is 7.10. The fraction of sp³-hybridized carbons (Fsp3) is 0.263. The number of aromatic nitrogens is 2. The molecule has 1 aliphatic rings. The Morgan fingerprint density at radius 1 is 1.04 bits per heavy atom. The molecule has 134 valence electrons. The van der Waals surface area contributed by atoms with Crippen molar-refractivity contribution in [3.8, 4) is 0 Å². The van der Waals surface area contributed by atoms with Gasteiger partial charge in [-0.25, -0.2) is 0 Å². The highest BCUT2D eigenvalue weighted by Gasteiger charge is 2.26. The quantitative estimate of drug-likeness (QED) is 0.576. The molecule has 1 aliphatic heterocycles. The molecule has 0 spiro atoms. The summed E-state index contributed by atoms with van der Waals surface area (Å²) in [4.78, 5) is 4.67. The molecule has 1 fully saturated rings. The minimum atomic E-state index is 0.285. The van der Waals surface area contributed by atoms with Crippen LogP contribution in [0, 0.1) is 0 Å². The molecule has 0 saturated carbocycles. The number of nitrogens with zero attached hydrogens (tertiary/aromatic N) is 4. The van der Waals surface area contributed by atoms with E-state index in [-0.39, 0.29) is 6.04 Å². The van der Waals surface area contributed by atoms with Crippen LogP contribution in [0.3, 0.4) is 0 Å². The second-order valence-electron chi connectivity index (χ2n) is 6.48. The Hall–Kier alpha value is -1.75. The van der Waals surface area contributed by atoms with E-state index in [1.54, 1.807) is 6.07 Å².